The molecule has 2 aromatic carbocycles. The standard InChI is InChI=1S/C29H25ClF10O10/c1-16(41)17-5-7-18(8-6-17)22(42)46-13-4-14-47-23(43)19-9-10-20(24(44)48-12-3-11-45-2)21(15-19)49-29(39,40)26(30,33)50-28(37,38)25(31,32)27(34,35)36/h5-10,15H,3-4,11-14H2,1-2H3. The maximum absolute atomic E-state index is 14.7. The summed E-state index contributed by atoms with van der Waals surface area (Å²) in [5.74, 6) is -12.7. The lowest BCUT2D eigenvalue weighted by molar-refractivity contribution is -0.469. The molecule has 1 atom stereocenters. The third-order valence-corrected chi connectivity index (χ3v) is 6.30. The summed E-state index contributed by atoms with van der Waals surface area (Å²) < 4.78 is 160. The second-order valence-corrected chi connectivity index (χ2v) is 10.3. The van der Waals surface area contributed by atoms with E-state index in [4.69, 9.17) is 18.9 Å². The van der Waals surface area contributed by atoms with Crippen LogP contribution in [0.1, 0.15) is 61.2 Å². The Labute approximate surface area is 280 Å². The molecule has 2 rings (SSSR count). The van der Waals surface area contributed by atoms with Crippen LogP contribution in [0.5, 0.6) is 5.75 Å². The van der Waals surface area contributed by atoms with Gasteiger partial charge in [0, 0.05) is 32.1 Å². The van der Waals surface area contributed by atoms with E-state index >= 15 is 0 Å². The number of ketones is 1. The summed E-state index contributed by atoms with van der Waals surface area (Å²) in [5, 5.41) is -5.96. The summed E-state index contributed by atoms with van der Waals surface area (Å²) in [6.07, 6.45) is -20.3. The van der Waals surface area contributed by atoms with E-state index < -0.39 is 77.6 Å². The minimum absolute atomic E-state index is 0.0393. The quantitative estimate of drug-likeness (QED) is 0.0388. The molecule has 0 aliphatic heterocycles. The fourth-order valence-corrected chi connectivity index (χ4v) is 3.53. The van der Waals surface area contributed by atoms with Crippen LogP contribution in [0.3, 0.4) is 0 Å². The first-order valence-electron chi connectivity index (χ1n) is 13.7. The largest absolute Gasteiger partial charge is 0.476 e. The molecule has 0 fully saturated rings. The van der Waals surface area contributed by atoms with Crippen molar-refractivity contribution in [2.75, 3.05) is 33.5 Å². The zero-order chi connectivity index (χ0) is 38.1. The molecule has 1 unspecified atom stereocenters. The van der Waals surface area contributed by atoms with Crippen molar-refractivity contribution in [3.63, 3.8) is 0 Å². The van der Waals surface area contributed by atoms with E-state index in [9.17, 15) is 63.1 Å². The number of ether oxygens (including phenoxy) is 6. The van der Waals surface area contributed by atoms with Crippen molar-refractivity contribution in [1.82, 2.24) is 0 Å². The summed E-state index contributed by atoms with van der Waals surface area (Å²) in [6, 6.07) is 7.01. The molecule has 0 N–H and O–H groups in total. The van der Waals surface area contributed by atoms with E-state index in [-0.39, 0.29) is 43.5 Å². The first-order chi connectivity index (χ1) is 23.0. The predicted octanol–water partition coefficient (Wildman–Crippen LogP) is 7.13. The molecule has 0 saturated carbocycles. The Morgan fingerprint density at radius 1 is 0.640 bits per heavy atom. The van der Waals surface area contributed by atoms with Gasteiger partial charge in [0.1, 0.15) is 11.3 Å². The smallest absolute Gasteiger partial charge is 0.462 e. The van der Waals surface area contributed by atoms with Gasteiger partial charge < -0.3 is 23.7 Å². The van der Waals surface area contributed by atoms with Crippen molar-refractivity contribution in [2.24, 2.45) is 0 Å². The van der Waals surface area contributed by atoms with E-state index in [2.05, 4.69) is 21.1 Å². The topological polar surface area (TPSA) is 124 Å². The summed E-state index contributed by atoms with van der Waals surface area (Å²) in [7, 11) is 1.28. The monoisotopic (exact) mass is 758 g/mol. The molecule has 0 aliphatic rings. The Balaban J connectivity index is 2.22. The summed E-state index contributed by atoms with van der Waals surface area (Å²) >= 11 is 4.53. The molecule has 2 aromatic rings. The van der Waals surface area contributed by atoms with Crippen LogP contribution < -0.4 is 4.74 Å². The van der Waals surface area contributed by atoms with E-state index in [1.165, 1.54) is 38.3 Å². The Bertz CT molecular complexity index is 1520. The third kappa shape index (κ3) is 10.7. The van der Waals surface area contributed by atoms with Crippen molar-refractivity contribution < 1.29 is 91.5 Å². The number of rotatable bonds is 18. The molecule has 50 heavy (non-hydrogen) atoms. The highest BCUT2D eigenvalue weighted by Crippen LogP contribution is 2.52. The van der Waals surface area contributed by atoms with E-state index in [0.29, 0.717) is 11.6 Å². The van der Waals surface area contributed by atoms with Gasteiger partial charge in [-0.1, -0.05) is 12.1 Å². The number of alkyl halides is 11. The maximum atomic E-state index is 14.7. The maximum Gasteiger partial charge on any atom is 0.476 e. The minimum atomic E-state index is -7.23. The van der Waals surface area contributed by atoms with Crippen molar-refractivity contribution in [3.05, 3.63) is 64.7 Å². The van der Waals surface area contributed by atoms with Gasteiger partial charge in [0.2, 0.25) is 0 Å². The summed E-state index contributed by atoms with van der Waals surface area (Å²) in [4.78, 5) is 48.5. The molecule has 21 heteroatoms. The van der Waals surface area contributed by atoms with Crippen molar-refractivity contribution >= 4 is 35.3 Å². The lowest BCUT2D eigenvalue weighted by Crippen LogP contribution is -2.59. The molecule has 10 nitrogen and oxygen atoms in total. The molecular weight excluding hydrogens is 734 g/mol. The highest BCUT2D eigenvalue weighted by Gasteiger charge is 2.78. The Morgan fingerprint density at radius 3 is 1.60 bits per heavy atom. The number of esters is 3. The van der Waals surface area contributed by atoms with Gasteiger partial charge in [0.25, 0.3) is 0 Å². The molecule has 0 saturated heterocycles. The van der Waals surface area contributed by atoms with Gasteiger partial charge in [0.15, 0.2) is 5.78 Å². The van der Waals surface area contributed by atoms with Crippen molar-refractivity contribution in [3.8, 4) is 5.75 Å². The van der Waals surface area contributed by atoms with Crippen LogP contribution in [0, 0.1) is 0 Å². The number of hydrogen-bond donors (Lipinski definition) is 0. The number of carbonyl (C=O) groups is 4. The van der Waals surface area contributed by atoms with Crippen LogP contribution in [-0.4, -0.2) is 86.9 Å². The van der Waals surface area contributed by atoms with Gasteiger partial charge in [-0.15, -0.1) is 0 Å². The fourth-order valence-electron chi connectivity index (χ4n) is 3.39. The molecule has 0 spiro atoms. The first kappa shape index (κ1) is 42.0. The van der Waals surface area contributed by atoms with Crippen LogP contribution in [-0.2, 0) is 23.7 Å². The highest BCUT2D eigenvalue weighted by molar-refractivity contribution is 6.22. The number of hydrogen-bond acceptors (Lipinski definition) is 10. The second-order valence-electron chi connectivity index (χ2n) is 9.78. The highest BCUT2D eigenvalue weighted by atomic mass is 35.5. The lowest BCUT2D eigenvalue weighted by atomic mass is 10.1. The van der Waals surface area contributed by atoms with Crippen molar-refractivity contribution in [2.45, 2.75) is 49.4 Å². The second kappa shape index (κ2) is 16.7. The Kier molecular flexibility index (Phi) is 14.0. The molecule has 0 aromatic heterocycles. The normalized spacial score (nSPS) is 13.6. The first-order valence-corrected chi connectivity index (χ1v) is 14.1. The fraction of sp³-hybridized carbons (Fsp3) is 0.448. The Hall–Kier alpha value is -4.17. The molecule has 0 bridgehead atoms. The minimum Gasteiger partial charge on any atom is -0.462 e. The molecular formula is C29H25ClF10O10. The molecule has 0 amide bonds. The summed E-state index contributed by atoms with van der Waals surface area (Å²) in [6.45, 7) is 0.122. The number of carbonyl (C=O) groups excluding carboxylic acids is 4. The number of methoxy groups -OCH3 is 1. The van der Waals surface area contributed by atoms with E-state index in [1.807, 2.05) is 0 Å². The molecule has 0 aliphatic carbocycles. The summed E-state index contributed by atoms with van der Waals surface area (Å²) in [5.41, 5.74) is -1.39. The average molecular weight is 759 g/mol. The van der Waals surface area contributed by atoms with Gasteiger partial charge in [-0.25, -0.2) is 14.4 Å². The van der Waals surface area contributed by atoms with Crippen LogP contribution in [0.25, 0.3) is 0 Å². The molecule has 0 heterocycles. The van der Waals surface area contributed by atoms with Crippen LogP contribution in [0.2, 0.25) is 0 Å². The lowest BCUT2D eigenvalue weighted by Gasteiger charge is -2.34. The SMILES string of the molecule is COCCCOC(=O)c1ccc(C(=O)OCCCOC(=O)c2ccc(C(C)=O)cc2)cc1OC(F)(F)C(F)(Cl)OC(F)(F)C(F)(F)C(F)(F)F. The molecule has 0 radical (unpaired) electrons. The van der Waals surface area contributed by atoms with Crippen molar-refractivity contribution in [1.29, 1.82) is 0 Å². The average Bonchev–Trinajstić information content (AvgIpc) is 3.01. The number of halogens is 11. The molecule has 278 valence electrons. The van der Waals surface area contributed by atoms with Crippen LogP contribution in [0.4, 0.5) is 43.9 Å². The van der Waals surface area contributed by atoms with E-state index in [0.717, 1.165) is 6.07 Å². The predicted molar refractivity (Wildman–Crippen MR) is 147 cm³/mol. The van der Waals surface area contributed by atoms with E-state index in [1.54, 1.807) is 0 Å². The Morgan fingerprint density at radius 2 is 1.10 bits per heavy atom. The van der Waals surface area contributed by atoms with Gasteiger partial charge in [-0.3, -0.25) is 9.53 Å². The van der Waals surface area contributed by atoms with Crippen LogP contribution in [0.15, 0.2) is 42.5 Å². The van der Waals surface area contributed by atoms with Gasteiger partial charge in [-0.2, -0.15) is 43.9 Å². The zero-order valence-corrected chi connectivity index (χ0v) is 26.3. The van der Waals surface area contributed by atoms with Gasteiger partial charge in [-0.05, 0) is 48.9 Å². The van der Waals surface area contributed by atoms with Gasteiger partial charge >= 0.3 is 47.5 Å². The number of Topliss-reactive ketones (excluding diaryl/α,β-unsaturated/α-hetero) is 1. The van der Waals surface area contributed by atoms with Crippen LogP contribution >= 0.6 is 11.6 Å². The van der Waals surface area contributed by atoms with Gasteiger partial charge in [0.05, 0.1) is 30.9 Å². The number of benzene rings is 2. The zero-order valence-electron chi connectivity index (χ0n) is 25.5. The third-order valence-electron chi connectivity index (χ3n) is 6.00.